The molecule has 4 bridgehead atoms. The third-order valence-electron chi connectivity index (χ3n) is 8.16. The Hall–Kier alpha value is -2.88. The van der Waals surface area contributed by atoms with Crippen LogP contribution in [-0.2, 0) is 12.0 Å². The van der Waals surface area contributed by atoms with E-state index in [0.717, 1.165) is 40.1 Å². The molecule has 4 saturated carbocycles. The third kappa shape index (κ3) is 2.73. The predicted octanol–water partition coefficient (Wildman–Crippen LogP) is 5.93. The van der Waals surface area contributed by atoms with Gasteiger partial charge in [0.2, 0.25) is 0 Å². The maximum Gasteiger partial charge on any atom is 0.167 e. The van der Waals surface area contributed by atoms with Gasteiger partial charge in [0, 0.05) is 22.6 Å². The first kappa shape index (κ1) is 17.8. The van der Waals surface area contributed by atoms with Crippen LogP contribution in [0, 0.1) is 17.8 Å². The summed E-state index contributed by atoms with van der Waals surface area (Å²) in [7, 11) is 0. The zero-order valence-corrected chi connectivity index (χ0v) is 17.7. The molecule has 31 heavy (non-hydrogen) atoms. The van der Waals surface area contributed by atoms with Crippen molar-refractivity contribution in [1.82, 2.24) is 14.6 Å². The Morgan fingerprint density at radius 3 is 2.39 bits per heavy atom. The summed E-state index contributed by atoms with van der Waals surface area (Å²) in [5, 5.41) is 11.8. The molecule has 4 heteroatoms. The number of benzene rings is 2. The molecule has 0 amide bonds. The van der Waals surface area contributed by atoms with Gasteiger partial charge in [-0.1, -0.05) is 42.5 Å². The maximum absolute atomic E-state index is 6.29. The molecule has 0 unspecified atom stereocenters. The highest BCUT2D eigenvalue weighted by Crippen LogP contribution is 2.60. The molecule has 0 radical (unpaired) electrons. The standard InChI is InChI=1S/C27H27N3O/c1-2-8-23-21(5-1)6-3-9-24(23)31-17-22-7-4-10-30-25(22)28-29-26(30)27-14-18-11-19(15-27)13-20(12-18)16-27/h1-10,18-20H,11-17H2. The number of fused-ring (bicyclic) bond motifs is 2. The van der Waals surface area contributed by atoms with Crippen molar-refractivity contribution >= 4 is 16.4 Å². The molecule has 4 aliphatic carbocycles. The zero-order chi connectivity index (χ0) is 20.4. The molecule has 156 valence electrons. The summed E-state index contributed by atoms with van der Waals surface area (Å²) in [5.74, 6) is 4.82. The molecule has 4 aromatic rings. The second-order valence-electron chi connectivity index (χ2n) is 10.2. The molecule has 0 N–H and O–H groups in total. The molecule has 0 aliphatic heterocycles. The summed E-state index contributed by atoms with van der Waals surface area (Å²) in [4.78, 5) is 0. The Morgan fingerprint density at radius 2 is 1.58 bits per heavy atom. The van der Waals surface area contributed by atoms with Gasteiger partial charge in [-0.15, -0.1) is 10.2 Å². The third-order valence-corrected chi connectivity index (χ3v) is 8.16. The monoisotopic (exact) mass is 409 g/mol. The number of hydrogen-bond acceptors (Lipinski definition) is 3. The minimum Gasteiger partial charge on any atom is -0.488 e. The number of hydrogen-bond donors (Lipinski definition) is 0. The molecule has 2 heterocycles. The van der Waals surface area contributed by atoms with Crippen LogP contribution in [0.1, 0.15) is 49.9 Å². The van der Waals surface area contributed by atoms with Crippen molar-refractivity contribution in [3.05, 3.63) is 72.2 Å². The van der Waals surface area contributed by atoms with Crippen molar-refractivity contribution in [2.45, 2.75) is 50.5 Å². The molecule has 0 saturated heterocycles. The first-order valence-electron chi connectivity index (χ1n) is 11.7. The van der Waals surface area contributed by atoms with Gasteiger partial charge in [0.05, 0.1) is 0 Å². The van der Waals surface area contributed by atoms with Crippen molar-refractivity contribution in [3.63, 3.8) is 0 Å². The minimum absolute atomic E-state index is 0.239. The molecule has 0 spiro atoms. The Labute approximate surface area is 182 Å². The molecular formula is C27H27N3O. The van der Waals surface area contributed by atoms with Gasteiger partial charge < -0.3 is 4.74 Å². The Kier molecular flexibility index (Phi) is 3.76. The average Bonchev–Trinajstić information content (AvgIpc) is 3.22. The molecule has 4 fully saturated rings. The van der Waals surface area contributed by atoms with Crippen LogP contribution >= 0.6 is 0 Å². The van der Waals surface area contributed by atoms with Crippen LogP contribution in [0.5, 0.6) is 5.75 Å². The van der Waals surface area contributed by atoms with E-state index in [-0.39, 0.29) is 5.41 Å². The van der Waals surface area contributed by atoms with Crippen molar-refractivity contribution in [3.8, 4) is 5.75 Å². The van der Waals surface area contributed by atoms with Gasteiger partial charge in [-0.3, -0.25) is 4.40 Å². The lowest BCUT2D eigenvalue weighted by atomic mass is 9.49. The molecular weight excluding hydrogens is 382 g/mol. The minimum atomic E-state index is 0.239. The predicted molar refractivity (Wildman–Crippen MR) is 121 cm³/mol. The van der Waals surface area contributed by atoms with Crippen LogP contribution in [0.3, 0.4) is 0 Å². The first-order chi connectivity index (χ1) is 15.3. The van der Waals surface area contributed by atoms with Crippen molar-refractivity contribution in [2.24, 2.45) is 17.8 Å². The van der Waals surface area contributed by atoms with Gasteiger partial charge in [-0.25, -0.2) is 0 Å². The number of rotatable bonds is 4. The van der Waals surface area contributed by atoms with Gasteiger partial charge in [0.1, 0.15) is 18.2 Å². The van der Waals surface area contributed by atoms with E-state index in [2.05, 4.69) is 64.2 Å². The fourth-order valence-electron chi connectivity index (χ4n) is 7.31. The second kappa shape index (κ2) is 6.56. The molecule has 4 aliphatic rings. The Balaban J connectivity index is 1.23. The van der Waals surface area contributed by atoms with Gasteiger partial charge in [-0.2, -0.15) is 0 Å². The SMILES string of the molecule is c1ccc2c(OCc3cccn4c(C56CC7CC(CC(C7)C5)C6)nnc34)cccc2c1. The number of pyridine rings is 1. The largest absolute Gasteiger partial charge is 0.488 e. The number of ether oxygens (including phenoxy) is 1. The summed E-state index contributed by atoms with van der Waals surface area (Å²) < 4.78 is 8.56. The van der Waals surface area contributed by atoms with E-state index in [1.165, 1.54) is 49.7 Å². The maximum atomic E-state index is 6.29. The van der Waals surface area contributed by atoms with Crippen molar-refractivity contribution < 1.29 is 4.74 Å². The topological polar surface area (TPSA) is 39.4 Å². The molecule has 4 nitrogen and oxygen atoms in total. The Morgan fingerprint density at radius 1 is 0.839 bits per heavy atom. The van der Waals surface area contributed by atoms with E-state index in [1.807, 2.05) is 6.07 Å². The second-order valence-corrected chi connectivity index (χ2v) is 10.2. The fourth-order valence-corrected chi connectivity index (χ4v) is 7.31. The summed E-state index contributed by atoms with van der Waals surface area (Å²) in [6, 6.07) is 18.8. The van der Waals surface area contributed by atoms with Gasteiger partial charge in [0.15, 0.2) is 5.65 Å². The van der Waals surface area contributed by atoms with Crippen LogP contribution < -0.4 is 4.74 Å². The average molecular weight is 410 g/mol. The fraction of sp³-hybridized carbons (Fsp3) is 0.407. The number of nitrogens with zero attached hydrogens (tertiary/aromatic N) is 3. The van der Waals surface area contributed by atoms with Crippen LogP contribution in [0.2, 0.25) is 0 Å². The quantitative estimate of drug-likeness (QED) is 0.419. The van der Waals surface area contributed by atoms with Crippen LogP contribution in [0.4, 0.5) is 0 Å². The van der Waals surface area contributed by atoms with Crippen molar-refractivity contribution in [1.29, 1.82) is 0 Å². The van der Waals surface area contributed by atoms with Gasteiger partial charge >= 0.3 is 0 Å². The van der Waals surface area contributed by atoms with E-state index in [1.54, 1.807) is 0 Å². The van der Waals surface area contributed by atoms with Gasteiger partial charge in [-0.05, 0) is 73.8 Å². The summed E-state index contributed by atoms with van der Waals surface area (Å²) in [6.07, 6.45) is 10.4. The van der Waals surface area contributed by atoms with Crippen LogP contribution in [0.25, 0.3) is 16.4 Å². The van der Waals surface area contributed by atoms with E-state index in [4.69, 9.17) is 9.84 Å². The lowest BCUT2D eigenvalue weighted by molar-refractivity contribution is -0.00984. The molecule has 2 aromatic carbocycles. The zero-order valence-electron chi connectivity index (χ0n) is 17.7. The summed E-state index contributed by atoms with van der Waals surface area (Å²) in [6.45, 7) is 0.497. The lowest BCUT2D eigenvalue weighted by Crippen LogP contribution is -2.49. The molecule has 2 aromatic heterocycles. The molecule has 8 rings (SSSR count). The van der Waals surface area contributed by atoms with E-state index >= 15 is 0 Å². The smallest absolute Gasteiger partial charge is 0.167 e. The van der Waals surface area contributed by atoms with Gasteiger partial charge in [0.25, 0.3) is 0 Å². The normalized spacial score (nSPS) is 29.1. The van der Waals surface area contributed by atoms with E-state index in [9.17, 15) is 0 Å². The first-order valence-corrected chi connectivity index (χ1v) is 11.7. The highest BCUT2D eigenvalue weighted by atomic mass is 16.5. The summed E-state index contributed by atoms with van der Waals surface area (Å²) >= 11 is 0. The highest BCUT2D eigenvalue weighted by Gasteiger charge is 2.53. The summed E-state index contributed by atoms with van der Waals surface area (Å²) in [5.41, 5.74) is 2.29. The van der Waals surface area contributed by atoms with Crippen molar-refractivity contribution in [2.75, 3.05) is 0 Å². The van der Waals surface area contributed by atoms with E-state index < -0.39 is 0 Å². The van der Waals surface area contributed by atoms with Crippen LogP contribution in [-0.4, -0.2) is 14.6 Å². The molecule has 0 atom stereocenters. The van der Waals surface area contributed by atoms with E-state index in [0.29, 0.717) is 6.61 Å². The number of aromatic nitrogens is 3. The van der Waals surface area contributed by atoms with Crippen LogP contribution in [0.15, 0.2) is 60.8 Å². The highest BCUT2D eigenvalue weighted by molar-refractivity contribution is 5.88. The Bertz CT molecular complexity index is 1250. The lowest BCUT2D eigenvalue weighted by Gasteiger charge is -2.55.